The van der Waals surface area contributed by atoms with Crippen molar-refractivity contribution in [3.63, 3.8) is 0 Å². The van der Waals surface area contributed by atoms with Crippen LogP contribution in [0.2, 0.25) is 0 Å². The molecule has 0 aliphatic carbocycles. The molecule has 2 aromatic heterocycles. The lowest BCUT2D eigenvalue weighted by Gasteiger charge is -2.17. The molecule has 4 aromatic rings. The number of hydrogen-bond acceptors (Lipinski definition) is 3. The maximum Gasteiger partial charge on any atom is 0.461 e. The fourth-order valence-corrected chi connectivity index (χ4v) is 3.29. The van der Waals surface area contributed by atoms with E-state index in [9.17, 15) is 17.6 Å². The van der Waals surface area contributed by atoms with E-state index in [4.69, 9.17) is 0 Å². The van der Waals surface area contributed by atoms with Crippen LogP contribution in [0.15, 0.2) is 72.9 Å². The van der Waals surface area contributed by atoms with Crippen molar-refractivity contribution in [3.8, 4) is 17.0 Å². The first-order chi connectivity index (χ1) is 15.2. The molecule has 4 rings (SSSR count). The van der Waals surface area contributed by atoms with Crippen LogP contribution in [0.4, 0.5) is 29.1 Å². The highest BCUT2D eigenvalue weighted by atomic mass is 19.3. The molecule has 0 unspecified atom stereocenters. The quantitative estimate of drug-likeness (QED) is 0.310. The van der Waals surface area contributed by atoms with Crippen LogP contribution in [0, 0.1) is 0 Å². The molecular weight excluding hydrogens is 422 g/mol. The molecule has 166 valence electrons. The molecule has 32 heavy (non-hydrogen) atoms. The zero-order valence-corrected chi connectivity index (χ0v) is 17.4. The zero-order valence-electron chi connectivity index (χ0n) is 17.4. The van der Waals surface area contributed by atoms with Crippen LogP contribution >= 0.6 is 0 Å². The van der Waals surface area contributed by atoms with Crippen molar-refractivity contribution in [1.82, 2.24) is 9.38 Å². The highest BCUT2D eigenvalue weighted by Gasteiger charge is 2.43. The smallest absolute Gasteiger partial charge is 0.428 e. The minimum Gasteiger partial charge on any atom is -0.428 e. The van der Waals surface area contributed by atoms with Gasteiger partial charge in [0.05, 0.1) is 0 Å². The fraction of sp³-hybridized carbons (Fsp3) is 0.208. The van der Waals surface area contributed by atoms with Crippen LogP contribution in [0.3, 0.4) is 0 Å². The number of benzene rings is 2. The molecule has 4 nitrogen and oxygen atoms in total. The van der Waals surface area contributed by atoms with E-state index in [1.54, 1.807) is 0 Å². The maximum absolute atomic E-state index is 13.2. The number of anilines is 2. The van der Waals surface area contributed by atoms with Gasteiger partial charge in [-0.15, -0.1) is 0 Å². The molecule has 0 aliphatic rings. The summed E-state index contributed by atoms with van der Waals surface area (Å²) in [6, 6.07) is 19.1. The van der Waals surface area contributed by atoms with E-state index in [0.717, 1.165) is 5.69 Å². The molecule has 0 saturated carbocycles. The van der Waals surface area contributed by atoms with Crippen molar-refractivity contribution in [3.05, 3.63) is 78.5 Å². The van der Waals surface area contributed by atoms with Gasteiger partial charge < -0.3 is 10.1 Å². The van der Waals surface area contributed by atoms with Gasteiger partial charge >= 0.3 is 12.5 Å². The lowest BCUT2D eigenvalue weighted by Crippen LogP contribution is -2.33. The summed E-state index contributed by atoms with van der Waals surface area (Å²) < 4.78 is 57.2. The number of pyridine rings is 1. The van der Waals surface area contributed by atoms with E-state index in [2.05, 4.69) is 28.9 Å². The number of alkyl halides is 4. The van der Waals surface area contributed by atoms with Crippen LogP contribution in [0.1, 0.15) is 25.3 Å². The zero-order chi connectivity index (χ0) is 22.9. The van der Waals surface area contributed by atoms with Gasteiger partial charge in [0.25, 0.3) is 0 Å². The Bertz CT molecular complexity index is 1200. The van der Waals surface area contributed by atoms with Crippen LogP contribution < -0.4 is 10.1 Å². The molecule has 0 radical (unpaired) electrons. The maximum atomic E-state index is 13.2. The molecule has 0 aliphatic heterocycles. The molecule has 0 amide bonds. The number of rotatable bonds is 7. The topological polar surface area (TPSA) is 38.6 Å². The summed E-state index contributed by atoms with van der Waals surface area (Å²) in [6.45, 7) is 4.24. The SMILES string of the molecule is CC(C)c1ccc(Nc2c(-c3ccc(OC(F)(F)C(F)F)cc3)nc3ccccn23)cc1. The first-order valence-corrected chi connectivity index (χ1v) is 10.0. The number of ether oxygens (including phenoxy) is 1. The minimum absolute atomic E-state index is 0.360. The second-order valence-corrected chi connectivity index (χ2v) is 7.63. The summed E-state index contributed by atoms with van der Waals surface area (Å²) in [5.74, 6) is 0.736. The summed E-state index contributed by atoms with van der Waals surface area (Å²) in [4.78, 5) is 4.65. The molecule has 0 spiro atoms. The minimum atomic E-state index is -4.56. The first-order valence-electron chi connectivity index (χ1n) is 10.0. The third-order valence-electron chi connectivity index (χ3n) is 5.01. The molecule has 0 atom stereocenters. The van der Waals surface area contributed by atoms with E-state index >= 15 is 0 Å². The molecule has 0 fully saturated rings. The van der Waals surface area contributed by atoms with Gasteiger partial charge in [-0.05, 0) is 60.0 Å². The van der Waals surface area contributed by atoms with Gasteiger partial charge in [0.1, 0.15) is 22.9 Å². The summed E-state index contributed by atoms with van der Waals surface area (Å²) in [7, 11) is 0. The largest absolute Gasteiger partial charge is 0.461 e. The second-order valence-electron chi connectivity index (χ2n) is 7.63. The van der Waals surface area contributed by atoms with Crippen LogP contribution in [-0.4, -0.2) is 21.9 Å². The van der Waals surface area contributed by atoms with Crippen molar-refractivity contribution >= 4 is 17.2 Å². The van der Waals surface area contributed by atoms with Crippen LogP contribution in [0.5, 0.6) is 5.75 Å². The highest BCUT2D eigenvalue weighted by molar-refractivity contribution is 5.79. The van der Waals surface area contributed by atoms with E-state index in [1.165, 1.54) is 29.8 Å². The van der Waals surface area contributed by atoms with Crippen LogP contribution in [0.25, 0.3) is 16.9 Å². The van der Waals surface area contributed by atoms with E-state index in [0.29, 0.717) is 28.6 Å². The fourth-order valence-electron chi connectivity index (χ4n) is 3.29. The summed E-state index contributed by atoms with van der Waals surface area (Å²) in [6.07, 6.45) is -6.62. The number of imidazole rings is 1. The third-order valence-corrected chi connectivity index (χ3v) is 5.01. The summed E-state index contributed by atoms with van der Waals surface area (Å²) >= 11 is 0. The summed E-state index contributed by atoms with van der Waals surface area (Å²) in [5.41, 5.74) is 3.95. The molecular formula is C24H21F4N3O. The van der Waals surface area contributed by atoms with Crippen molar-refractivity contribution < 1.29 is 22.3 Å². The summed E-state index contributed by atoms with van der Waals surface area (Å²) in [5, 5.41) is 3.38. The van der Waals surface area contributed by atoms with Crippen molar-refractivity contribution in [1.29, 1.82) is 0 Å². The second kappa shape index (κ2) is 8.53. The Morgan fingerprint density at radius 2 is 1.62 bits per heavy atom. The number of halogens is 4. The standard InChI is InChI=1S/C24H21F4N3O/c1-15(2)16-6-10-18(11-7-16)29-22-21(30-20-5-3-4-14-31(20)22)17-8-12-19(13-9-17)32-24(27,28)23(25)26/h3-15,23,29H,1-2H3. The van der Waals surface area contributed by atoms with Gasteiger partial charge in [0.15, 0.2) is 0 Å². The number of nitrogens with one attached hydrogen (secondary N) is 1. The normalized spacial score (nSPS) is 12.0. The van der Waals surface area contributed by atoms with Crippen LogP contribution in [-0.2, 0) is 0 Å². The monoisotopic (exact) mass is 443 g/mol. The number of fused-ring (bicyclic) bond motifs is 1. The van der Waals surface area contributed by atoms with Gasteiger partial charge in [0, 0.05) is 17.4 Å². The van der Waals surface area contributed by atoms with E-state index < -0.39 is 12.5 Å². The number of nitrogens with zero attached hydrogens (tertiary/aromatic N) is 2. The van der Waals surface area contributed by atoms with Crippen molar-refractivity contribution in [2.45, 2.75) is 32.3 Å². The van der Waals surface area contributed by atoms with Crippen molar-refractivity contribution in [2.75, 3.05) is 5.32 Å². The first kappa shape index (κ1) is 21.7. The Balaban J connectivity index is 1.68. The van der Waals surface area contributed by atoms with Gasteiger partial charge in [0.2, 0.25) is 0 Å². The Hall–Kier alpha value is -3.55. The molecule has 2 aromatic carbocycles. The molecule has 1 N–H and O–H groups in total. The molecule has 0 saturated heterocycles. The van der Waals surface area contributed by atoms with Gasteiger partial charge in [-0.1, -0.05) is 32.0 Å². The molecule has 2 heterocycles. The highest BCUT2D eigenvalue weighted by Crippen LogP contribution is 2.34. The molecule has 8 heteroatoms. The van der Waals surface area contributed by atoms with Gasteiger partial charge in [-0.3, -0.25) is 4.40 Å². The third kappa shape index (κ3) is 4.39. The van der Waals surface area contributed by atoms with E-state index in [-0.39, 0.29) is 5.75 Å². The Morgan fingerprint density at radius 3 is 2.25 bits per heavy atom. The predicted molar refractivity (Wildman–Crippen MR) is 116 cm³/mol. The van der Waals surface area contributed by atoms with Gasteiger partial charge in [-0.2, -0.15) is 17.6 Å². The lowest BCUT2D eigenvalue weighted by atomic mass is 10.0. The Morgan fingerprint density at radius 1 is 0.938 bits per heavy atom. The molecule has 0 bridgehead atoms. The Kier molecular flexibility index (Phi) is 5.78. The Labute approximate surface area is 182 Å². The predicted octanol–water partition coefficient (Wildman–Crippen LogP) is 7.11. The average Bonchev–Trinajstić information content (AvgIpc) is 3.13. The lowest BCUT2D eigenvalue weighted by molar-refractivity contribution is -0.253. The van der Waals surface area contributed by atoms with Crippen molar-refractivity contribution in [2.24, 2.45) is 0 Å². The van der Waals surface area contributed by atoms with E-state index in [1.807, 2.05) is 53.1 Å². The number of hydrogen-bond donors (Lipinski definition) is 1. The number of aromatic nitrogens is 2. The van der Waals surface area contributed by atoms with Gasteiger partial charge in [-0.25, -0.2) is 4.98 Å². The average molecular weight is 443 g/mol.